The van der Waals surface area contributed by atoms with Gasteiger partial charge in [-0.3, -0.25) is 0 Å². The Morgan fingerprint density at radius 1 is 1.00 bits per heavy atom. The number of nitrogens with zero attached hydrogens (tertiary/aromatic N) is 2. The zero-order valence-electron chi connectivity index (χ0n) is 17.0. The molecule has 0 bridgehead atoms. The van der Waals surface area contributed by atoms with E-state index < -0.39 is 0 Å². The number of hydrogen-bond donors (Lipinski definition) is 0. The standard InChI is InChI=1S/C21H31N2.2ClH.Ti/c1-20(2,3)22-21(4,5)19-14-9-8-12-18(19)17-13-10-11-16(17)15-23(6)7;;;/h8-12,14H,13,15H2,1-7H3;2*1H;/q-1;;;+3/p-2. The third kappa shape index (κ3) is 7.50. The van der Waals surface area contributed by atoms with Crippen LogP contribution < -0.4 is 24.8 Å². The minimum Gasteiger partial charge on any atom is -1.00 e. The van der Waals surface area contributed by atoms with Crippen LogP contribution in [-0.2, 0) is 27.3 Å². The molecule has 0 N–H and O–H groups in total. The summed E-state index contributed by atoms with van der Waals surface area (Å²) in [5.74, 6) is 0. The van der Waals surface area contributed by atoms with Crippen molar-refractivity contribution in [2.75, 3.05) is 20.6 Å². The molecule has 0 saturated carbocycles. The monoisotopic (exact) mass is 429 g/mol. The molecule has 0 amide bonds. The SMILES string of the molecule is CN(C)CC1=C(c2ccccc2C(C)(C)[N-]C(C)(C)C)CC=C1.[Cl-].[Cl-].[Ti+3]. The second kappa shape index (κ2) is 11.0. The van der Waals surface area contributed by atoms with Gasteiger partial charge in [0.15, 0.2) is 0 Å². The van der Waals surface area contributed by atoms with Crippen molar-refractivity contribution in [2.24, 2.45) is 0 Å². The zero-order chi connectivity index (χ0) is 17.3. The van der Waals surface area contributed by atoms with Crippen LogP contribution in [0.25, 0.3) is 10.9 Å². The molecule has 0 atom stereocenters. The first-order valence-corrected chi connectivity index (χ1v) is 8.47. The van der Waals surface area contributed by atoms with Gasteiger partial charge in [0.25, 0.3) is 0 Å². The summed E-state index contributed by atoms with van der Waals surface area (Å²) in [7, 11) is 4.25. The largest absolute Gasteiger partial charge is 3.00 e. The van der Waals surface area contributed by atoms with E-state index >= 15 is 0 Å². The molecule has 0 aliphatic heterocycles. The fourth-order valence-corrected chi connectivity index (χ4v) is 3.50. The van der Waals surface area contributed by atoms with Gasteiger partial charge in [-0.25, -0.2) is 0 Å². The van der Waals surface area contributed by atoms with Crippen LogP contribution in [0.4, 0.5) is 0 Å². The van der Waals surface area contributed by atoms with Crippen LogP contribution in [0.1, 0.15) is 52.2 Å². The second-order valence-electron chi connectivity index (χ2n) is 8.24. The van der Waals surface area contributed by atoms with Gasteiger partial charge in [-0.05, 0) is 37.2 Å². The van der Waals surface area contributed by atoms with E-state index in [4.69, 9.17) is 5.32 Å². The number of likely N-dealkylation sites (N-methyl/N-ethyl adjacent to an activating group) is 1. The van der Waals surface area contributed by atoms with Crippen LogP contribution >= 0.6 is 0 Å². The summed E-state index contributed by atoms with van der Waals surface area (Å²) in [5.41, 5.74) is 5.30. The van der Waals surface area contributed by atoms with Crippen molar-refractivity contribution < 1.29 is 46.5 Å². The van der Waals surface area contributed by atoms with Crippen molar-refractivity contribution in [2.45, 2.75) is 52.1 Å². The van der Waals surface area contributed by atoms with Crippen LogP contribution in [0.2, 0.25) is 0 Å². The van der Waals surface area contributed by atoms with Crippen molar-refractivity contribution in [1.29, 1.82) is 0 Å². The quantitative estimate of drug-likeness (QED) is 0.570. The molecule has 0 saturated heterocycles. The van der Waals surface area contributed by atoms with Gasteiger partial charge in [0.05, 0.1) is 0 Å². The van der Waals surface area contributed by atoms with Crippen LogP contribution in [0.3, 0.4) is 0 Å². The second-order valence-corrected chi connectivity index (χ2v) is 8.24. The molecule has 1 aliphatic rings. The molecular weight excluding hydrogens is 399 g/mol. The van der Waals surface area contributed by atoms with E-state index in [1.165, 1.54) is 22.3 Å². The molecule has 1 aromatic rings. The third-order valence-electron chi connectivity index (χ3n) is 4.04. The van der Waals surface area contributed by atoms with Crippen molar-refractivity contribution >= 4 is 5.57 Å². The van der Waals surface area contributed by atoms with Gasteiger partial charge in [-0.2, -0.15) is 0 Å². The van der Waals surface area contributed by atoms with Crippen LogP contribution in [0, 0.1) is 0 Å². The molecule has 143 valence electrons. The van der Waals surface area contributed by atoms with Crippen LogP contribution in [0.5, 0.6) is 0 Å². The molecule has 26 heavy (non-hydrogen) atoms. The number of rotatable bonds is 5. The van der Waals surface area contributed by atoms with E-state index in [1.54, 1.807) is 0 Å². The molecule has 0 unspecified atom stereocenters. The topological polar surface area (TPSA) is 17.3 Å². The Hall–Kier alpha value is -0.0857. The van der Waals surface area contributed by atoms with Gasteiger partial charge in [0.1, 0.15) is 0 Å². The zero-order valence-corrected chi connectivity index (χ0v) is 20.1. The smallest absolute Gasteiger partial charge is 1.00 e. The van der Waals surface area contributed by atoms with E-state index in [-0.39, 0.29) is 57.6 Å². The first-order valence-electron chi connectivity index (χ1n) is 8.47. The molecule has 0 aromatic heterocycles. The molecule has 5 heteroatoms. The number of hydrogen-bond acceptors (Lipinski definition) is 1. The Balaban J connectivity index is 0. The minimum atomic E-state index is -0.201. The Morgan fingerprint density at radius 2 is 1.58 bits per heavy atom. The van der Waals surface area contributed by atoms with Gasteiger partial charge < -0.3 is 35.0 Å². The van der Waals surface area contributed by atoms with E-state index in [1.807, 2.05) is 0 Å². The molecule has 1 aliphatic carbocycles. The fraction of sp³-hybridized carbons (Fsp3) is 0.524. The number of allylic oxidation sites excluding steroid dienone is 2. The van der Waals surface area contributed by atoms with E-state index in [0.717, 1.165) is 13.0 Å². The molecule has 2 nitrogen and oxygen atoms in total. The van der Waals surface area contributed by atoms with Crippen molar-refractivity contribution in [3.63, 3.8) is 0 Å². The Kier molecular flexibility index (Phi) is 12.0. The predicted octanol–water partition coefficient (Wildman–Crippen LogP) is -0.625. The summed E-state index contributed by atoms with van der Waals surface area (Å²) < 4.78 is 0. The Labute approximate surface area is 187 Å². The van der Waals surface area contributed by atoms with Gasteiger partial charge in [-0.1, -0.05) is 76.6 Å². The summed E-state index contributed by atoms with van der Waals surface area (Å²) in [6.45, 7) is 12.0. The maximum absolute atomic E-state index is 5.08. The molecule has 0 spiro atoms. The summed E-state index contributed by atoms with van der Waals surface area (Å²) in [6, 6.07) is 8.77. The van der Waals surface area contributed by atoms with Crippen LogP contribution in [0.15, 0.2) is 42.0 Å². The van der Waals surface area contributed by atoms with Crippen LogP contribution in [-0.4, -0.2) is 31.1 Å². The maximum atomic E-state index is 5.08. The van der Waals surface area contributed by atoms with Gasteiger partial charge in [0, 0.05) is 6.54 Å². The van der Waals surface area contributed by atoms with E-state index in [0.29, 0.717) is 0 Å². The summed E-state index contributed by atoms with van der Waals surface area (Å²) in [5, 5.41) is 5.08. The molecule has 1 radical (unpaired) electrons. The molecule has 0 heterocycles. The summed E-state index contributed by atoms with van der Waals surface area (Å²) in [4.78, 5) is 2.23. The summed E-state index contributed by atoms with van der Waals surface area (Å²) in [6.07, 6.45) is 5.57. The molecule has 1 aromatic carbocycles. The van der Waals surface area contributed by atoms with Gasteiger partial charge >= 0.3 is 21.7 Å². The Bertz CT molecular complexity index is 629. The molecule has 0 fully saturated rings. The summed E-state index contributed by atoms with van der Waals surface area (Å²) >= 11 is 0. The Morgan fingerprint density at radius 3 is 2.12 bits per heavy atom. The first-order chi connectivity index (χ1) is 10.6. The van der Waals surface area contributed by atoms with Crippen molar-refractivity contribution in [3.05, 3.63) is 58.4 Å². The normalized spacial score (nSPS) is 14.0. The van der Waals surface area contributed by atoms with Crippen molar-refractivity contribution in [3.8, 4) is 0 Å². The molecular formula is C21H31Cl2N2Ti. The fourth-order valence-electron chi connectivity index (χ4n) is 3.50. The first kappa shape index (κ1) is 28.1. The third-order valence-corrected chi connectivity index (χ3v) is 4.04. The average Bonchev–Trinajstić information content (AvgIpc) is 2.83. The minimum absolute atomic E-state index is 0. The molecule has 2 rings (SSSR count). The number of benzene rings is 1. The average molecular weight is 430 g/mol. The van der Waals surface area contributed by atoms with E-state index in [2.05, 4.69) is 90.0 Å². The van der Waals surface area contributed by atoms with Crippen molar-refractivity contribution in [1.82, 2.24) is 4.90 Å². The maximum Gasteiger partial charge on any atom is 3.00 e. The van der Waals surface area contributed by atoms with Gasteiger partial charge in [0.2, 0.25) is 0 Å². The number of halogens is 2. The van der Waals surface area contributed by atoms with Gasteiger partial charge in [-0.15, -0.1) is 11.1 Å². The van der Waals surface area contributed by atoms with E-state index in [9.17, 15) is 0 Å². The predicted molar refractivity (Wildman–Crippen MR) is 102 cm³/mol.